The van der Waals surface area contributed by atoms with E-state index in [9.17, 15) is 9.90 Å². The van der Waals surface area contributed by atoms with Gasteiger partial charge in [-0.1, -0.05) is 18.2 Å². The molecule has 0 radical (unpaired) electrons. The quantitative estimate of drug-likeness (QED) is 0.725. The topological polar surface area (TPSA) is 85.9 Å². The van der Waals surface area contributed by atoms with Gasteiger partial charge in [-0.05, 0) is 23.8 Å². The molecule has 0 aliphatic carbocycles. The molecule has 0 unspecified atom stereocenters. The minimum absolute atomic E-state index is 0. The van der Waals surface area contributed by atoms with Crippen molar-refractivity contribution in [1.82, 2.24) is 6.15 Å². The number of hydrogen-bond donors (Lipinski definition) is 1. The highest BCUT2D eigenvalue weighted by Gasteiger charge is 1.89. The summed E-state index contributed by atoms with van der Waals surface area (Å²) in [4.78, 5) is 10.1. The summed E-state index contributed by atoms with van der Waals surface area (Å²) in [7, 11) is 1.58. The van der Waals surface area contributed by atoms with E-state index in [0.29, 0.717) is 0 Å². The molecule has 1 aromatic carbocycles. The number of carbonyl (C=O) groups is 1. The molecule has 0 aromatic heterocycles. The van der Waals surface area contributed by atoms with Crippen LogP contribution in [0.1, 0.15) is 5.56 Å². The Kier molecular flexibility index (Phi) is 5.02. The lowest BCUT2D eigenvalue weighted by Gasteiger charge is -1.99. The average Bonchev–Trinajstić information content (AvgIpc) is 2.15. The van der Waals surface area contributed by atoms with Crippen LogP contribution >= 0.6 is 0 Å². The summed E-state index contributed by atoms with van der Waals surface area (Å²) in [5.74, 6) is -0.457. The molecule has 1 aromatic rings. The van der Waals surface area contributed by atoms with E-state index in [1.165, 1.54) is 6.08 Å². The summed E-state index contributed by atoms with van der Waals surface area (Å²) >= 11 is 0. The van der Waals surface area contributed by atoms with Crippen LogP contribution < -0.4 is 16.0 Å². The van der Waals surface area contributed by atoms with E-state index in [1.807, 2.05) is 0 Å². The molecule has 4 nitrogen and oxygen atoms in total. The van der Waals surface area contributed by atoms with Crippen molar-refractivity contribution in [2.75, 3.05) is 7.11 Å². The average molecular weight is 195 g/mol. The third kappa shape index (κ3) is 3.73. The Labute approximate surface area is 82.4 Å². The molecule has 0 saturated heterocycles. The SMILES string of the molecule is COc1ccc(/C=C/C(=O)[O-])cc1.[NH4+]. The number of methoxy groups -OCH3 is 1. The highest BCUT2D eigenvalue weighted by molar-refractivity contribution is 5.83. The third-order valence-corrected chi connectivity index (χ3v) is 1.53. The number of benzene rings is 1. The van der Waals surface area contributed by atoms with Gasteiger partial charge in [0.1, 0.15) is 5.75 Å². The molecule has 0 saturated carbocycles. The van der Waals surface area contributed by atoms with E-state index in [1.54, 1.807) is 31.4 Å². The Bertz CT molecular complexity index is 317. The maximum Gasteiger partial charge on any atom is 0.118 e. The lowest BCUT2D eigenvalue weighted by Crippen LogP contribution is -2.18. The molecule has 1 rings (SSSR count). The van der Waals surface area contributed by atoms with E-state index < -0.39 is 5.97 Å². The lowest BCUT2D eigenvalue weighted by molar-refractivity contribution is -0.297. The lowest BCUT2D eigenvalue weighted by atomic mass is 10.2. The first-order valence-corrected chi connectivity index (χ1v) is 3.75. The van der Waals surface area contributed by atoms with E-state index >= 15 is 0 Å². The van der Waals surface area contributed by atoms with Crippen LogP contribution in [0.25, 0.3) is 6.08 Å². The molecule has 0 fully saturated rings. The zero-order valence-electron chi connectivity index (χ0n) is 8.19. The number of ether oxygens (including phenoxy) is 1. The number of quaternary nitrogens is 1. The van der Waals surface area contributed by atoms with E-state index in [2.05, 4.69) is 0 Å². The molecule has 14 heavy (non-hydrogen) atoms. The molecular weight excluding hydrogens is 182 g/mol. The van der Waals surface area contributed by atoms with Gasteiger partial charge >= 0.3 is 0 Å². The number of carboxylic acid groups (broad SMARTS) is 1. The standard InChI is InChI=1S/C10H10O3.H3N/c1-13-9-5-2-8(3-6-9)4-7-10(11)12;/h2-7H,1H3,(H,11,12);1H3/b7-4+;. The van der Waals surface area contributed by atoms with E-state index in [0.717, 1.165) is 17.4 Å². The maximum atomic E-state index is 10.1. The Morgan fingerprint density at radius 1 is 1.36 bits per heavy atom. The van der Waals surface area contributed by atoms with Crippen LogP contribution in [0.5, 0.6) is 5.75 Å². The van der Waals surface area contributed by atoms with E-state index in [-0.39, 0.29) is 6.15 Å². The van der Waals surface area contributed by atoms with Crippen LogP contribution in [0.4, 0.5) is 0 Å². The summed E-state index contributed by atoms with van der Waals surface area (Å²) in [5, 5.41) is 10.1. The molecule has 4 heteroatoms. The van der Waals surface area contributed by atoms with Crippen LogP contribution in [0.15, 0.2) is 30.3 Å². The second-order valence-corrected chi connectivity index (χ2v) is 2.43. The number of carboxylic acids is 1. The first kappa shape index (κ1) is 12.2. The highest BCUT2D eigenvalue weighted by Crippen LogP contribution is 2.11. The zero-order valence-corrected chi connectivity index (χ0v) is 8.19. The monoisotopic (exact) mass is 195 g/mol. The number of rotatable bonds is 3. The summed E-state index contributed by atoms with van der Waals surface area (Å²) < 4.78 is 4.94. The predicted molar refractivity (Wildman–Crippen MR) is 53.0 cm³/mol. The zero-order chi connectivity index (χ0) is 9.68. The minimum atomic E-state index is -1.20. The fraction of sp³-hybridized carbons (Fsp3) is 0.100. The van der Waals surface area contributed by atoms with Gasteiger partial charge in [0.15, 0.2) is 0 Å². The van der Waals surface area contributed by atoms with Crippen molar-refractivity contribution >= 4 is 12.0 Å². The van der Waals surface area contributed by atoms with E-state index in [4.69, 9.17) is 4.74 Å². The van der Waals surface area contributed by atoms with Gasteiger partial charge in [-0.15, -0.1) is 0 Å². The van der Waals surface area contributed by atoms with Crippen LogP contribution in [0.3, 0.4) is 0 Å². The van der Waals surface area contributed by atoms with Gasteiger partial charge in [-0.25, -0.2) is 0 Å². The third-order valence-electron chi connectivity index (χ3n) is 1.53. The molecular formula is C10H13NO3. The molecule has 0 bridgehead atoms. The number of hydrogen-bond acceptors (Lipinski definition) is 3. The van der Waals surface area contributed by atoms with Crippen molar-refractivity contribution in [1.29, 1.82) is 0 Å². The molecule has 0 spiro atoms. The van der Waals surface area contributed by atoms with Crippen LogP contribution in [-0.4, -0.2) is 13.1 Å². The number of carbonyl (C=O) groups excluding carboxylic acids is 1. The normalized spacial score (nSPS) is 9.50. The molecule has 76 valence electrons. The Morgan fingerprint density at radius 2 is 1.93 bits per heavy atom. The van der Waals surface area contributed by atoms with Gasteiger partial charge in [0.05, 0.1) is 13.1 Å². The Balaban J connectivity index is 0.00000169. The van der Waals surface area contributed by atoms with Crippen molar-refractivity contribution in [2.45, 2.75) is 0 Å². The van der Waals surface area contributed by atoms with Crippen molar-refractivity contribution in [2.24, 2.45) is 0 Å². The Morgan fingerprint density at radius 3 is 2.36 bits per heavy atom. The van der Waals surface area contributed by atoms with Crippen molar-refractivity contribution in [3.63, 3.8) is 0 Å². The molecule has 0 aliphatic rings. The predicted octanol–water partition coefficient (Wildman–Crippen LogP) is 0.834. The second-order valence-electron chi connectivity index (χ2n) is 2.43. The molecule has 0 amide bonds. The van der Waals surface area contributed by atoms with Crippen molar-refractivity contribution < 1.29 is 14.6 Å². The second kappa shape index (κ2) is 5.77. The highest BCUT2D eigenvalue weighted by atomic mass is 16.5. The molecule has 4 N–H and O–H groups in total. The van der Waals surface area contributed by atoms with Gasteiger partial charge < -0.3 is 20.8 Å². The van der Waals surface area contributed by atoms with Gasteiger partial charge in [-0.3, -0.25) is 0 Å². The van der Waals surface area contributed by atoms with Crippen LogP contribution in [0.2, 0.25) is 0 Å². The fourth-order valence-electron chi connectivity index (χ4n) is 0.879. The first-order valence-electron chi connectivity index (χ1n) is 3.75. The van der Waals surface area contributed by atoms with Crippen molar-refractivity contribution in [3.8, 4) is 5.75 Å². The first-order chi connectivity index (χ1) is 6.22. The van der Waals surface area contributed by atoms with Crippen LogP contribution in [-0.2, 0) is 4.79 Å². The number of aliphatic carboxylic acids is 1. The van der Waals surface area contributed by atoms with Crippen molar-refractivity contribution in [3.05, 3.63) is 35.9 Å². The fourth-order valence-corrected chi connectivity index (χ4v) is 0.879. The van der Waals surface area contributed by atoms with Crippen LogP contribution in [0, 0.1) is 0 Å². The van der Waals surface area contributed by atoms with Gasteiger partial charge in [0, 0.05) is 0 Å². The summed E-state index contributed by atoms with van der Waals surface area (Å²) in [5.41, 5.74) is 0.796. The van der Waals surface area contributed by atoms with Gasteiger partial charge in [-0.2, -0.15) is 0 Å². The largest absolute Gasteiger partial charge is 0.545 e. The molecule has 0 heterocycles. The Hall–Kier alpha value is -1.81. The van der Waals surface area contributed by atoms with Gasteiger partial charge in [0.25, 0.3) is 0 Å². The summed E-state index contributed by atoms with van der Waals surface area (Å²) in [6, 6.07) is 7.04. The van der Waals surface area contributed by atoms with Gasteiger partial charge in [0.2, 0.25) is 0 Å². The smallest absolute Gasteiger partial charge is 0.118 e. The maximum absolute atomic E-state index is 10.1. The molecule has 0 atom stereocenters. The molecule has 0 aliphatic heterocycles. The summed E-state index contributed by atoms with van der Waals surface area (Å²) in [6.45, 7) is 0. The summed E-state index contributed by atoms with van der Waals surface area (Å²) in [6.07, 6.45) is 2.45. The minimum Gasteiger partial charge on any atom is -0.545 e.